The Morgan fingerprint density at radius 2 is 2.12 bits per heavy atom. The fraction of sp³-hybridized carbons (Fsp3) is 0. The second-order valence-corrected chi connectivity index (χ2v) is 3.36. The van der Waals surface area contributed by atoms with Crippen molar-refractivity contribution in [2.75, 3.05) is 5.43 Å². The molecule has 0 bridgehead atoms. The number of rotatable bonds is 2. The van der Waals surface area contributed by atoms with Crippen LogP contribution in [0.5, 0.6) is 0 Å². The van der Waals surface area contributed by atoms with E-state index in [-0.39, 0.29) is 11.6 Å². The second kappa shape index (κ2) is 4.60. The monoisotopic (exact) mass is 228 g/mol. The summed E-state index contributed by atoms with van der Waals surface area (Å²) in [4.78, 5) is 4.15. The van der Waals surface area contributed by atoms with Crippen molar-refractivity contribution in [1.29, 1.82) is 5.26 Å². The Bertz CT molecular complexity index is 589. The van der Waals surface area contributed by atoms with Gasteiger partial charge in [0.1, 0.15) is 11.9 Å². The molecule has 4 nitrogen and oxygen atoms in total. The molecular weight excluding hydrogens is 219 g/mol. The minimum absolute atomic E-state index is 0.272. The lowest BCUT2D eigenvalue weighted by molar-refractivity contribution is 0.628. The van der Waals surface area contributed by atoms with Crippen LogP contribution in [0.1, 0.15) is 5.56 Å². The fourth-order valence-corrected chi connectivity index (χ4v) is 1.47. The van der Waals surface area contributed by atoms with Crippen molar-refractivity contribution >= 4 is 5.82 Å². The van der Waals surface area contributed by atoms with Crippen molar-refractivity contribution in [3.63, 3.8) is 0 Å². The van der Waals surface area contributed by atoms with Gasteiger partial charge in [0.15, 0.2) is 5.82 Å². The van der Waals surface area contributed by atoms with Gasteiger partial charge in [-0.2, -0.15) is 5.26 Å². The molecule has 1 aromatic carbocycles. The molecule has 1 heterocycles. The van der Waals surface area contributed by atoms with Crippen molar-refractivity contribution in [3.05, 3.63) is 47.8 Å². The summed E-state index contributed by atoms with van der Waals surface area (Å²) in [6.45, 7) is 0. The molecule has 0 amide bonds. The largest absolute Gasteiger partial charge is 0.307 e. The van der Waals surface area contributed by atoms with E-state index in [1.807, 2.05) is 6.07 Å². The predicted molar refractivity (Wildman–Crippen MR) is 62.2 cm³/mol. The molecule has 0 radical (unpaired) electrons. The molecule has 0 aliphatic carbocycles. The van der Waals surface area contributed by atoms with Crippen LogP contribution < -0.4 is 11.3 Å². The van der Waals surface area contributed by atoms with Gasteiger partial charge in [-0.15, -0.1) is 0 Å². The molecule has 17 heavy (non-hydrogen) atoms. The Morgan fingerprint density at radius 1 is 1.29 bits per heavy atom. The molecule has 0 unspecified atom stereocenters. The summed E-state index contributed by atoms with van der Waals surface area (Å²) in [5.41, 5.74) is 3.87. The molecule has 1 aromatic heterocycles. The Hall–Kier alpha value is -2.45. The van der Waals surface area contributed by atoms with Crippen LogP contribution in [0.15, 0.2) is 36.4 Å². The minimum Gasteiger partial charge on any atom is -0.307 e. The lowest BCUT2D eigenvalue weighted by Crippen LogP contribution is -2.10. The Kier molecular flexibility index (Phi) is 2.99. The van der Waals surface area contributed by atoms with Crippen LogP contribution in [-0.2, 0) is 0 Å². The van der Waals surface area contributed by atoms with E-state index in [0.717, 1.165) is 0 Å². The van der Waals surface area contributed by atoms with Crippen LogP contribution in [0, 0.1) is 17.1 Å². The number of pyridine rings is 1. The molecule has 0 atom stereocenters. The molecule has 0 saturated carbocycles. The summed E-state index contributed by atoms with van der Waals surface area (Å²) in [5.74, 6) is 5.20. The summed E-state index contributed by atoms with van der Waals surface area (Å²) in [5, 5.41) is 8.81. The number of nitrogen functional groups attached to an aromatic ring is 1. The SMILES string of the molecule is N#Cc1ccc(-c2cccc(F)c2)nc1NN. The summed E-state index contributed by atoms with van der Waals surface area (Å²) in [6.07, 6.45) is 0. The van der Waals surface area contributed by atoms with E-state index in [0.29, 0.717) is 16.8 Å². The van der Waals surface area contributed by atoms with Gasteiger partial charge in [-0.25, -0.2) is 15.2 Å². The smallest absolute Gasteiger partial charge is 0.158 e. The van der Waals surface area contributed by atoms with E-state index >= 15 is 0 Å². The van der Waals surface area contributed by atoms with E-state index < -0.39 is 0 Å². The summed E-state index contributed by atoms with van der Waals surface area (Å²) in [6, 6.07) is 11.2. The summed E-state index contributed by atoms with van der Waals surface area (Å²) >= 11 is 0. The predicted octanol–water partition coefficient (Wildman–Crippen LogP) is 2.04. The number of nitriles is 1. The molecule has 0 aliphatic rings. The number of hydrogen-bond donors (Lipinski definition) is 2. The van der Waals surface area contributed by atoms with Crippen LogP contribution in [0.3, 0.4) is 0 Å². The van der Waals surface area contributed by atoms with Gasteiger partial charge in [-0.1, -0.05) is 12.1 Å². The van der Waals surface area contributed by atoms with Crippen molar-refractivity contribution in [2.45, 2.75) is 0 Å². The van der Waals surface area contributed by atoms with E-state index in [4.69, 9.17) is 11.1 Å². The number of aromatic nitrogens is 1. The van der Waals surface area contributed by atoms with Gasteiger partial charge < -0.3 is 5.43 Å². The molecule has 84 valence electrons. The fourth-order valence-electron chi connectivity index (χ4n) is 1.47. The molecule has 3 N–H and O–H groups in total. The molecule has 0 saturated heterocycles. The number of nitrogens with two attached hydrogens (primary N) is 1. The van der Waals surface area contributed by atoms with Gasteiger partial charge in [-0.05, 0) is 24.3 Å². The number of anilines is 1. The van der Waals surface area contributed by atoms with Gasteiger partial charge in [-0.3, -0.25) is 0 Å². The zero-order chi connectivity index (χ0) is 12.3. The highest BCUT2D eigenvalue weighted by molar-refractivity contribution is 5.64. The maximum atomic E-state index is 13.1. The maximum Gasteiger partial charge on any atom is 0.158 e. The van der Waals surface area contributed by atoms with E-state index in [1.54, 1.807) is 24.3 Å². The Labute approximate surface area is 97.5 Å². The van der Waals surface area contributed by atoms with Crippen molar-refractivity contribution < 1.29 is 4.39 Å². The standard InChI is InChI=1S/C12H9FN4/c13-10-3-1-2-8(6-10)11-5-4-9(7-14)12(16-11)17-15/h1-6H,15H2,(H,16,17). The third-order valence-electron chi connectivity index (χ3n) is 2.27. The van der Waals surface area contributed by atoms with Gasteiger partial charge >= 0.3 is 0 Å². The topological polar surface area (TPSA) is 74.7 Å². The van der Waals surface area contributed by atoms with Gasteiger partial charge in [0.05, 0.1) is 11.3 Å². The highest BCUT2D eigenvalue weighted by atomic mass is 19.1. The molecule has 2 rings (SSSR count). The van der Waals surface area contributed by atoms with Crippen LogP contribution >= 0.6 is 0 Å². The first kappa shape index (κ1) is 11.0. The molecular formula is C12H9FN4. The molecule has 2 aromatic rings. The minimum atomic E-state index is -0.337. The van der Waals surface area contributed by atoms with E-state index in [9.17, 15) is 4.39 Å². The third-order valence-corrected chi connectivity index (χ3v) is 2.27. The number of hydrogen-bond acceptors (Lipinski definition) is 4. The van der Waals surface area contributed by atoms with E-state index in [2.05, 4.69) is 10.4 Å². The number of halogens is 1. The Morgan fingerprint density at radius 3 is 2.76 bits per heavy atom. The molecule has 5 heteroatoms. The second-order valence-electron chi connectivity index (χ2n) is 3.36. The highest BCUT2D eigenvalue weighted by Crippen LogP contribution is 2.21. The van der Waals surface area contributed by atoms with Crippen molar-refractivity contribution in [3.8, 4) is 17.3 Å². The zero-order valence-corrected chi connectivity index (χ0v) is 8.81. The Balaban J connectivity index is 2.51. The van der Waals surface area contributed by atoms with Crippen LogP contribution in [-0.4, -0.2) is 4.98 Å². The van der Waals surface area contributed by atoms with E-state index in [1.165, 1.54) is 12.1 Å². The summed E-state index contributed by atoms with van der Waals surface area (Å²) < 4.78 is 13.1. The number of nitrogens with one attached hydrogen (secondary N) is 1. The number of benzene rings is 1. The van der Waals surface area contributed by atoms with Crippen molar-refractivity contribution in [2.24, 2.45) is 5.84 Å². The molecule has 0 aliphatic heterocycles. The summed E-state index contributed by atoms with van der Waals surface area (Å²) in [7, 11) is 0. The highest BCUT2D eigenvalue weighted by Gasteiger charge is 2.06. The molecule has 0 spiro atoms. The van der Waals surface area contributed by atoms with Gasteiger partial charge in [0, 0.05) is 5.56 Å². The normalized spacial score (nSPS) is 9.71. The average Bonchev–Trinajstić information content (AvgIpc) is 2.38. The number of hydrazine groups is 1. The molecule has 0 fully saturated rings. The van der Waals surface area contributed by atoms with Crippen LogP contribution in [0.2, 0.25) is 0 Å². The number of nitrogens with zero attached hydrogens (tertiary/aromatic N) is 2. The lowest BCUT2D eigenvalue weighted by Gasteiger charge is -2.05. The quantitative estimate of drug-likeness (QED) is 0.609. The van der Waals surface area contributed by atoms with Gasteiger partial charge in [0.25, 0.3) is 0 Å². The van der Waals surface area contributed by atoms with Crippen molar-refractivity contribution in [1.82, 2.24) is 4.98 Å². The third kappa shape index (κ3) is 2.22. The lowest BCUT2D eigenvalue weighted by atomic mass is 10.1. The average molecular weight is 228 g/mol. The van der Waals surface area contributed by atoms with Gasteiger partial charge in [0.2, 0.25) is 0 Å². The van der Waals surface area contributed by atoms with Crippen LogP contribution in [0.25, 0.3) is 11.3 Å². The first-order valence-electron chi connectivity index (χ1n) is 4.88. The van der Waals surface area contributed by atoms with Crippen LogP contribution in [0.4, 0.5) is 10.2 Å². The first-order valence-corrected chi connectivity index (χ1v) is 4.88. The zero-order valence-electron chi connectivity index (χ0n) is 8.81. The first-order chi connectivity index (χ1) is 8.24. The maximum absolute atomic E-state index is 13.1.